The summed E-state index contributed by atoms with van der Waals surface area (Å²) in [6, 6.07) is 20.1. The molecule has 0 bridgehead atoms. The van der Waals surface area contributed by atoms with Crippen LogP contribution < -0.4 is 10.9 Å². The molecule has 0 spiro atoms. The molecule has 2 heterocycles. The fourth-order valence-corrected chi connectivity index (χ4v) is 2.81. The topological polar surface area (TPSA) is 92.1 Å². The Bertz CT molecular complexity index is 1130. The molecule has 0 saturated carbocycles. The predicted octanol–water partition coefficient (Wildman–Crippen LogP) is 2.46. The first-order valence-electron chi connectivity index (χ1n) is 8.58. The van der Waals surface area contributed by atoms with Crippen molar-refractivity contribution in [3.63, 3.8) is 0 Å². The zero-order chi connectivity index (χ0) is 18.6. The van der Waals surface area contributed by atoms with Gasteiger partial charge in [-0.2, -0.15) is 9.50 Å². The van der Waals surface area contributed by atoms with Gasteiger partial charge in [-0.15, -0.1) is 5.10 Å². The van der Waals surface area contributed by atoms with Crippen molar-refractivity contribution in [3.05, 3.63) is 94.0 Å². The molecular weight excluding hydrogens is 342 g/mol. The van der Waals surface area contributed by atoms with Gasteiger partial charge in [0.05, 0.1) is 0 Å². The number of fused-ring (bicyclic) bond motifs is 1. The van der Waals surface area contributed by atoms with E-state index in [-0.39, 0.29) is 17.3 Å². The van der Waals surface area contributed by atoms with E-state index in [4.69, 9.17) is 0 Å². The maximum Gasteiger partial charge on any atom is 0.256 e. The van der Waals surface area contributed by atoms with E-state index in [2.05, 4.69) is 20.4 Å². The van der Waals surface area contributed by atoms with Crippen LogP contribution in [0.1, 0.15) is 21.7 Å². The molecule has 134 valence electrons. The second kappa shape index (κ2) is 7.25. The van der Waals surface area contributed by atoms with Crippen molar-refractivity contribution >= 4 is 17.5 Å². The van der Waals surface area contributed by atoms with E-state index in [0.29, 0.717) is 23.6 Å². The first kappa shape index (κ1) is 16.7. The van der Waals surface area contributed by atoms with E-state index in [0.717, 1.165) is 6.42 Å². The molecule has 0 aliphatic heterocycles. The maximum absolute atomic E-state index is 12.4. The molecule has 2 aromatic carbocycles. The fraction of sp³-hybridized carbons (Fsp3) is 0.100. The van der Waals surface area contributed by atoms with E-state index in [9.17, 15) is 9.59 Å². The van der Waals surface area contributed by atoms with Crippen LogP contribution in [-0.2, 0) is 12.8 Å². The van der Waals surface area contributed by atoms with Crippen molar-refractivity contribution in [3.8, 4) is 0 Å². The van der Waals surface area contributed by atoms with Gasteiger partial charge in [0.1, 0.15) is 5.82 Å². The number of aryl methyl sites for hydroxylation is 2. The summed E-state index contributed by atoms with van der Waals surface area (Å²) in [6.45, 7) is 0. The normalized spacial score (nSPS) is 10.8. The van der Waals surface area contributed by atoms with E-state index < -0.39 is 0 Å². The summed E-state index contributed by atoms with van der Waals surface area (Å²) >= 11 is 0. The molecule has 0 aliphatic carbocycles. The number of carbonyl (C=O) groups is 1. The number of rotatable bonds is 5. The van der Waals surface area contributed by atoms with Crippen molar-refractivity contribution in [1.29, 1.82) is 0 Å². The highest BCUT2D eigenvalue weighted by molar-refractivity contribution is 6.03. The lowest BCUT2D eigenvalue weighted by atomic mass is 10.1. The largest absolute Gasteiger partial charge is 0.306 e. The van der Waals surface area contributed by atoms with Crippen LogP contribution in [0.2, 0.25) is 0 Å². The van der Waals surface area contributed by atoms with Gasteiger partial charge < -0.3 is 5.32 Å². The lowest BCUT2D eigenvalue weighted by Gasteiger charge is -2.06. The number of hydrogen-bond acceptors (Lipinski definition) is 4. The van der Waals surface area contributed by atoms with Gasteiger partial charge in [-0.05, 0) is 24.1 Å². The molecule has 7 nitrogen and oxygen atoms in total. The second-order valence-electron chi connectivity index (χ2n) is 6.09. The van der Waals surface area contributed by atoms with Gasteiger partial charge in [0.15, 0.2) is 5.82 Å². The molecule has 0 unspecified atom stereocenters. The summed E-state index contributed by atoms with van der Waals surface area (Å²) in [5, 5.41) is 7.17. The van der Waals surface area contributed by atoms with Crippen LogP contribution in [-0.4, -0.2) is 25.5 Å². The third-order valence-electron chi connectivity index (χ3n) is 4.14. The van der Waals surface area contributed by atoms with Crippen LogP contribution >= 0.6 is 0 Å². The summed E-state index contributed by atoms with van der Waals surface area (Å²) in [7, 11) is 0. The molecule has 1 amide bonds. The first-order valence-corrected chi connectivity index (χ1v) is 8.58. The first-order chi connectivity index (χ1) is 13.2. The van der Waals surface area contributed by atoms with Crippen molar-refractivity contribution < 1.29 is 4.79 Å². The van der Waals surface area contributed by atoms with Gasteiger partial charge in [-0.25, -0.2) is 0 Å². The highest BCUT2D eigenvalue weighted by Crippen LogP contribution is 2.10. The van der Waals surface area contributed by atoms with Crippen molar-refractivity contribution in [1.82, 2.24) is 19.6 Å². The number of H-pyrrole nitrogens is 1. The van der Waals surface area contributed by atoms with Crippen molar-refractivity contribution in [2.45, 2.75) is 12.8 Å². The minimum Gasteiger partial charge on any atom is -0.306 e. The highest BCUT2D eigenvalue weighted by atomic mass is 16.2. The number of amides is 1. The minimum absolute atomic E-state index is 0.279. The molecule has 0 aliphatic rings. The van der Waals surface area contributed by atoms with Crippen LogP contribution in [0.25, 0.3) is 5.78 Å². The van der Waals surface area contributed by atoms with E-state index in [1.165, 1.54) is 16.1 Å². The number of aromatic amines is 1. The second-order valence-corrected chi connectivity index (χ2v) is 6.09. The third kappa shape index (κ3) is 3.77. The fourth-order valence-electron chi connectivity index (χ4n) is 2.81. The van der Waals surface area contributed by atoms with Crippen molar-refractivity contribution in [2.75, 3.05) is 5.32 Å². The van der Waals surface area contributed by atoms with E-state index >= 15 is 0 Å². The average molecular weight is 359 g/mol. The lowest BCUT2D eigenvalue weighted by Crippen LogP contribution is -2.18. The van der Waals surface area contributed by atoms with Crippen LogP contribution in [0.4, 0.5) is 5.82 Å². The zero-order valence-corrected chi connectivity index (χ0v) is 14.4. The van der Waals surface area contributed by atoms with Crippen LogP contribution in [0.5, 0.6) is 0 Å². The Labute approximate surface area is 154 Å². The minimum atomic E-state index is -0.354. The highest BCUT2D eigenvalue weighted by Gasteiger charge is 2.13. The maximum atomic E-state index is 12.4. The van der Waals surface area contributed by atoms with Gasteiger partial charge in [-0.1, -0.05) is 48.5 Å². The Morgan fingerprint density at radius 2 is 1.70 bits per heavy atom. The number of carbonyl (C=O) groups excluding carboxylic acids is 1. The van der Waals surface area contributed by atoms with Crippen molar-refractivity contribution in [2.24, 2.45) is 0 Å². The monoisotopic (exact) mass is 359 g/mol. The molecule has 4 rings (SSSR count). The molecule has 0 atom stereocenters. The lowest BCUT2D eigenvalue weighted by molar-refractivity contribution is 0.102. The predicted molar refractivity (Wildman–Crippen MR) is 102 cm³/mol. The number of aromatic nitrogens is 4. The van der Waals surface area contributed by atoms with Gasteiger partial charge in [-0.3, -0.25) is 14.6 Å². The summed E-state index contributed by atoms with van der Waals surface area (Å²) in [5.41, 5.74) is 1.32. The summed E-state index contributed by atoms with van der Waals surface area (Å²) < 4.78 is 1.45. The Kier molecular flexibility index (Phi) is 4.49. The third-order valence-corrected chi connectivity index (χ3v) is 4.14. The molecule has 2 aromatic heterocycles. The summed E-state index contributed by atoms with van der Waals surface area (Å²) in [5.74, 6) is 0.856. The number of benzene rings is 2. The molecule has 4 aromatic rings. The molecule has 0 radical (unpaired) electrons. The molecule has 27 heavy (non-hydrogen) atoms. The molecule has 7 heteroatoms. The van der Waals surface area contributed by atoms with Crippen LogP contribution in [0.3, 0.4) is 0 Å². The molecule has 0 fully saturated rings. The van der Waals surface area contributed by atoms with Gasteiger partial charge in [0.2, 0.25) is 5.78 Å². The summed E-state index contributed by atoms with van der Waals surface area (Å²) in [4.78, 5) is 31.3. The zero-order valence-electron chi connectivity index (χ0n) is 14.4. The Morgan fingerprint density at radius 3 is 2.44 bits per heavy atom. The number of hydrogen-bond donors (Lipinski definition) is 2. The number of anilines is 1. The number of nitrogens with zero attached hydrogens (tertiary/aromatic N) is 3. The summed E-state index contributed by atoms with van der Waals surface area (Å²) in [6.07, 6.45) is 1.41. The van der Waals surface area contributed by atoms with Gasteiger partial charge >= 0.3 is 0 Å². The van der Waals surface area contributed by atoms with Crippen LogP contribution in [0.15, 0.2) is 71.5 Å². The van der Waals surface area contributed by atoms with E-state index in [1.807, 2.05) is 36.4 Å². The Hall–Kier alpha value is -3.74. The SMILES string of the molecule is O=C(Nc1cc(=O)[nH]c2nc(CCc3ccccc3)nn12)c1ccccc1. The standard InChI is InChI=1S/C20H17N5O2/c26-18-13-17(22-19(27)15-9-5-2-6-10-15)25-20(23-18)21-16(24-25)12-11-14-7-3-1-4-8-14/h1-10,13H,11-12H2,(H,22,27)(H,21,23,24,26). The van der Waals surface area contributed by atoms with Gasteiger partial charge in [0.25, 0.3) is 11.5 Å². The average Bonchev–Trinajstić information content (AvgIpc) is 3.11. The molecular formula is C20H17N5O2. The smallest absolute Gasteiger partial charge is 0.256 e. The van der Waals surface area contributed by atoms with Crippen LogP contribution in [0, 0.1) is 0 Å². The van der Waals surface area contributed by atoms with Gasteiger partial charge in [0, 0.05) is 18.1 Å². The Balaban J connectivity index is 1.60. The quantitative estimate of drug-likeness (QED) is 0.572. The van der Waals surface area contributed by atoms with E-state index in [1.54, 1.807) is 24.3 Å². The number of nitrogens with one attached hydrogen (secondary N) is 2. The Morgan fingerprint density at radius 1 is 1.00 bits per heavy atom. The molecule has 0 saturated heterocycles. The molecule has 2 N–H and O–H groups in total.